The quantitative estimate of drug-likeness (QED) is 0.327. The minimum atomic E-state index is -3.93. The van der Waals surface area contributed by atoms with Gasteiger partial charge in [-0.2, -0.15) is 4.31 Å². The van der Waals surface area contributed by atoms with E-state index < -0.39 is 33.5 Å². The van der Waals surface area contributed by atoms with Gasteiger partial charge in [-0.15, -0.1) is 0 Å². The molecule has 0 spiro atoms. The fraction of sp³-hybridized carbons (Fsp3) is 0.296. The maximum Gasteiger partial charge on any atom is 0.335 e. The summed E-state index contributed by atoms with van der Waals surface area (Å²) in [7, 11) is -2.54. The predicted molar refractivity (Wildman–Crippen MR) is 142 cm³/mol. The van der Waals surface area contributed by atoms with E-state index >= 15 is 0 Å². The van der Waals surface area contributed by atoms with Gasteiger partial charge in [0.1, 0.15) is 5.82 Å². The lowest BCUT2D eigenvalue weighted by Gasteiger charge is -2.29. The van der Waals surface area contributed by atoms with Gasteiger partial charge in [-0.3, -0.25) is 0 Å². The molecule has 37 heavy (non-hydrogen) atoms. The van der Waals surface area contributed by atoms with Crippen LogP contribution in [0.15, 0.2) is 71.6 Å². The molecule has 198 valence electrons. The van der Waals surface area contributed by atoms with Crippen molar-refractivity contribution in [1.82, 2.24) is 9.62 Å². The van der Waals surface area contributed by atoms with Crippen LogP contribution < -0.4 is 5.32 Å². The zero-order valence-electron chi connectivity index (χ0n) is 20.8. The van der Waals surface area contributed by atoms with Crippen LogP contribution in [-0.4, -0.2) is 60.7 Å². The first-order valence-electron chi connectivity index (χ1n) is 11.6. The Morgan fingerprint density at radius 3 is 2.38 bits per heavy atom. The standard InChI is InChI=1S/C27H30ClFN2O5S/c1-27(2,15-18-10-11-24(28)25(29)12-18)30-16-22(32)17-31(3)37(35,36)23-9-5-7-20(14-23)19-6-4-8-21(13-19)26(33)34/h4-14,22,30,32H,15-17H2,1-3H3,(H,33,34). The molecule has 3 N–H and O–H groups in total. The normalized spacial score (nSPS) is 13.1. The predicted octanol–water partition coefficient (Wildman–Crippen LogP) is 4.44. The molecule has 10 heteroatoms. The third-order valence-corrected chi connectivity index (χ3v) is 8.03. The van der Waals surface area contributed by atoms with Gasteiger partial charge in [0, 0.05) is 25.7 Å². The third-order valence-electron chi connectivity index (χ3n) is 5.90. The van der Waals surface area contributed by atoms with Crippen LogP contribution >= 0.6 is 11.6 Å². The zero-order valence-corrected chi connectivity index (χ0v) is 22.4. The molecule has 0 heterocycles. The molecule has 7 nitrogen and oxygen atoms in total. The number of halogens is 2. The van der Waals surface area contributed by atoms with E-state index in [1.54, 1.807) is 30.3 Å². The van der Waals surface area contributed by atoms with Gasteiger partial charge in [-0.25, -0.2) is 17.6 Å². The van der Waals surface area contributed by atoms with Gasteiger partial charge in [-0.1, -0.05) is 41.9 Å². The van der Waals surface area contributed by atoms with Crippen molar-refractivity contribution in [2.45, 2.75) is 36.8 Å². The Kier molecular flexibility index (Phi) is 9.09. The summed E-state index contributed by atoms with van der Waals surface area (Å²) in [6.07, 6.45) is -0.533. The fourth-order valence-electron chi connectivity index (χ4n) is 3.92. The van der Waals surface area contributed by atoms with Crippen LogP contribution in [0.25, 0.3) is 11.1 Å². The van der Waals surface area contributed by atoms with Gasteiger partial charge in [-0.05, 0) is 73.4 Å². The first-order chi connectivity index (χ1) is 17.3. The molecule has 0 fully saturated rings. The molecule has 3 rings (SSSR count). The van der Waals surface area contributed by atoms with E-state index in [0.717, 1.165) is 9.87 Å². The first-order valence-corrected chi connectivity index (χ1v) is 13.4. The molecule has 0 bridgehead atoms. The molecule has 3 aromatic rings. The van der Waals surface area contributed by atoms with Gasteiger partial charge in [0.05, 0.1) is 21.6 Å². The molecular weight excluding hydrogens is 519 g/mol. The number of aliphatic hydroxyl groups excluding tert-OH is 1. The second-order valence-electron chi connectivity index (χ2n) is 9.54. The van der Waals surface area contributed by atoms with Crippen LogP contribution in [-0.2, 0) is 16.4 Å². The molecule has 0 aliphatic carbocycles. The number of benzene rings is 3. The first kappa shape index (κ1) is 28.7. The molecule has 0 saturated carbocycles. The lowest BCUT2D eigenvalue weighted by atomic mass is 9.94. The highest BCUT2D eigenvalue weighted by Gasteiger charge is 2.25. The number of sulfonamides is 1. The maximum atomic E-state index is 13.8. The number of nitrogens with one attached hydrogen (secondary N) is 1. The van der Waals surface area contributed by atoms with E-state index in [1.807, 2.05) is 13.8 Å². The van der Waals surface area contributed by atoms with Crippen molar-refractivity contribution in [2.24, 2.45) is 0 Å². The number of aromatic carboxylic acids is 1. The topological polar surface area (TPSA) is 107 Å². The number of aliphatic hydroxyl groups is 1. The van der Waals surface area contributed by atoms with Crippen LogP contribution in [0.3, 0.4) is 0 Å². The van der Waals surface area contributed by atoms with Crippen LogP contribution in [0, 0.1) is 5.82 Å². The van der Waals surface area contributed by atoms with Crippen LogP contribution in [0.2, 0.25) is 5.02 Å². The van der Waals surface area contributed by atoms with Gasteiger partial charge < -0.3 is 15.5 Å². The maximum absolute atomic E-state index is 13.8. The molecule has 1 unspecified atom stereocenters. The number of rotatable bonds is 11. The fourth-order valence-corrected chi connectivity index (χ4v) is 5.30. The van der Waals surface area contributed by atoms with Crippen molar-refractivity contribution < 1.29 is 27.8 Å². The minimum Gasteiger partial charge on any atom is -0.478 e. The molecule has 3 aromatic carbocycles. The summed E-state index contributed by atoms with van der Waals surface area (Å²) in [4.78, 5) is 11.3. The second-order valence-corrected chi connectivity index (χ2v) is 12.0. The summed E-state index contributed by atoms with van der Waals surface area (Å²) >= 11 is 5.74. The van der Waals surface area contributed by atoms with Crippen LogP contribution in [0.4, 0.5) is 4.39 Å². The summed E-state index contributed by atoms with van der Waals surface area (Å²) in [6, 6.07) is 17.1. The number of hydrogen-bond donors (Lipinski definition) is 3. The van der Waals surface area contributed by atoms with E-state index in [1.165, 1.54) is 43.4 Å². The smallest absolute Gasteiger partial charge is 0.335 e. The van der Waals surface area contributed by atoms with Crippen molar-refractivity contribution in [3.8, 4) is 11.1 Å². The SMILES string of the molecule is CN(CC(O)CNC(C)(C)Cc1ccc(Cl)c(F)c1)S(=O)(=O)c1cccc(-c2cccc(C(=O)O)c2)c1. The molecular formula is C27H30ClFN2O5S. The number of β-amino-alcohol motifs (C(OH)–C–C–N with tert-alkyl or cyclic N) is 1. The second kappa shape index (κ2) is 11.7. The number of likely N-dealkylation sites (N-methyl/N-ethyl adjacent to an activating group) is 1. The monoisotopic (exact) mass is 548 g/mol. The van der Waals surface area contributed by atoms with Crippen molar-refractivity contribution in [1.29, 1.82) is 0 Å². The third kappa shape index (κ3) is 7.59. The van der Waals surface area contributed by atoms with Crippen molar-refractivity contribution in [3.05, 3.63) is 88.7 Å². The summed E-state index contributed by atoms with van der Waals surface area (Å²) in [5.74, 6) is -1.57. The van der Waals surface area contributed by atoms with Crippen molar-refractivity contribution in [3.63, 3.8) is 0 Å². The Labute approximate surface area is 221 Å². The Morgan fingerprint density at radius 1 is 1.08 bits per heavy atom. The molecule has 1 atom stereocenters. The average Bonchev–Trinajstić information content (AvgIpc) is 2.85. The Bertz CT molecular complexity index is 1380. The van der Waals surface area contributed by atoms with Gasteiger partial charge in [0.25, 0.3) is 0 Å². The molecule has 0 aliphatic rings. The summed E-state index contributed by atoms with van der Waals surface area (Å²) in [5.41, 5.74) is 1.47. The lowest BCUT2D eigenvalue weighted by molar-refractivity contribution is 0.0697. The zero-order chi connectivity index (χ0) is 27.4. The van der Waals surface area contributed by atoms with E-state index in [9.17, 15) is 27.8 Å². The highest BCUT2D eigenvalue weighted by atomic mass is 35.5. The number of nitrogens with zero attached hydrogens (tertiary/aromatic N) is 1. The highest BCUT2D eigenvalue weighted by molar-refractivity contribution is 7.89. The summed E-state index contributed by atoms with van der Waals surface area (Å²) in [6.45, 7) is 3.76. The summed E-state index contributed by atoms with van der Waals surface area (Å²) in [5, 5.41) is 23.0. The van der Waals surface area contributed by atoms with E-state index in [2.05, 4.69) is 5.32 Å². The average molecular weight is 549 g/mol. The van der Waals surface area contributed by atoms with Crippen molar-refractivity contribution in [2.75, 3.05) is 20.1 Å². The minimum absolute atomic E-state index is 0.0264. The van der Waals surface area contributed by atoms with E-state index in [4.69, 9.17) is 11.6 Å². The number of carboxylic acid groups (broad SMARTS) is 1. The Hall–Kier alpha value is -2.82. The van der Waals surface area contributed by atoms with E-state index in [-0.39, 0.29) is 28.6 Å². The molecule has 0 aliphatic heterocycles. The molecule has 0 aromatic heterocycles. The Morgan fingerprint density at radius 2 is 1.73 bits per heavy atom. The molecule has 0 amide bonds. The largest absolute Gasteiger partial charge is 0.478 e. The van der Waals surface area contributed by atoms with Crippen molar-refractivity contribution >= 4 is 27.6 Å². The Balaban J connectivity index is 1.65. The highest BCUT2D eigenvalue weighted by Crippen LogP contribution is 2.25. The lowest BCUT2D eigenvalue weighted by Crippen LogP contribution is -2.47. The van der Waals surface area contributed by atoms with Crippen LogP contribution in [0.5, 0.6) is 0 Å². The molecule has 0 radical (unpaired) electrons. The van der Waals surface area contributed by atoms with Gasteiger partial charge >= 0.3 is 5.97 Å². The molecule has 0 saturated heterocycles. The van der Waals surface area contributed by atoms with Gasteiger partial charge in [0.2, 0.25) is 10.0 Å². The van der Waals surface area contributed by atoms with Crippen LogP contribution in [0.1, 0.15) is 29.8 Å². The number of hydrogen-bond acceptors (Lipinski definition) is 5. The summed E-state index contributed by atoms with van der Waals surface area (Å²) < 4.78 is 41.2. The van der Waals surface area contributed by atoms with E-state index in [0.29, 0.717) is 17.5 Å². The number of carbonyl (C=O) groups is 1. The van der Waals surface area contributed by atoms with Gasteiger partial charge in [0.15, 0.2) is 0 Å². The number of carboxylic acids is 1.